The molecule has 3 rings (SSSR count). The monoisotopic (exact) mass is 361 g/mol. The van der Waals surface area contributed by atoms with Gasteiger partial charge in [0.25, 0.3) is 11.5 Å². The maximum Gasteiger partial charge on any atom is 0.287 e. The van der Waals surface area contributed by atoms with Crippen molar-refractivity contribution in [2.75, 3.05) is 0 Å². The highest BCUT2D eigenvalue weighted by Crippen LogP contribution is 2.22. The average molecular weight is 362 g/mol. The Hall–Kier alpha value is -2.37. The molecule has 2 N–H and O–H groups in total. The van der Waals surface area contributed by atoms with E-state index in [4.69, 9.17) is 23.2 Å². The molecule has 0 aliphatic heterocycles. The summed E-state index contributed by atoms with van der Waals surface area (Å²) in [5.41, 5.74) is 1.79. The summed E-state index contributed by atoms with van der Waals surface area (Å²) >= 11 is 11.8. The number of carbonyl (C=O) groups excluding carboxylic acids is 1. The molecular formula is C17H13Cl2N3O2. The number of aryl methyl sites for hydroxylation is 1. The van der Waals surface area contributed by atoms with Gasteiger partial charge in [0.2, 0.25) is 0 Å². The molecule has 1 amide bonds. The fourth-order valence-corrected chi connectivity index (χ4v) is 2.65. The molecule has 0 fully saturated rings. The topological polar surface area (TPSA) is 74.8 Å². The van der Waals surface area contributed by atoms with E-state index in [9.17, 15) is 9.59 Å². The third-order valence-electron chi connectivity index (χ3n) is 3.59. The first-order chi connectivity index (χ1) is 11.5. The zero-order chi connectivity index (χ0) is 17.3. The molecule has 0 saturated carbocycles. The van der Waals surface area contributed by atoms with Gasteiger partial charge < -0.3 is 10.3 Å². The van der Waals surface area contributed by atoms with E-state index in [1.54, 1.807) is 30.3 Å². The number of rotatable bonds is 3. The van der Waals surface area contributed by atoms with Gasteiger partial charge >= 0.3 is 0 Å². The Labute approximate surface area is 147 Å². The van der Waals surface area contributed by atoms with Crippen molar-refractivity contribution >= 4 is 40.0 Å². The molecular weight excluding hydrogens is 349 g/mol. The van der Waals surface area contributed by atoms with Crippen LogP contribution in [-0.4, -0.2) is 15.9 Å². The molecule has 0 unspecified atom stereocenters. The second-order valence-electron chi connectivity index (χ2n) is 5.32. The lowest BCUT2D eigenvalue weighted by Crippen LogP contribution is -2.27. The van der Waals surface area contributed by atoms with E-state index in [1.165, 1.54) is 0 Å². The highest BCUT2D eigenvalue weighted by Gasteiger charge is 2.12. The Morgan fingerprint density at radius 3 is 2.75 bits per heavy atom. The van der Waals surface area contributed by atoms with Crippen LogP contribution in [0.2, 0.25) is 10.0 Å². The molecule has 0 aliphatic rings. The number of hydrogen-bond donors (Lipinski definition) is 2. The summed E-state index contributed by atoms with van der Waals surface area (Å²) in [6.07, 6.45) is 0. The fourth-order valence-electron chi connectivity index (χ4n) is 2.33. The van der Waals surface area contributed by atoms with E-state index < -0.39 is 5.91 Å². The van der Waals surface area contributed by atoms with E-state index in [0.717, 1.165) is 11.1 Å². The first kappa shape index (κ1) is 16.5. The number of H-pyrrole nitrogens is 1. The summed E-state index contributed by atoms with van der Waals surface area (Å²) in [6, 6.07) is 10.4. The smallest absolute Gasteiger partial charge is 0.287 e. The van der Waals surface area contributed by atoms with Gasteiger partial charge in [0, 0.05) is 6.54 Å². The molecule has 1 aromatic heterocycles. The van der Waals surface area contributed by atoms with Gasteiger partial charge in [-0.3, -0.25) is 9.59 Å². The van der Waals surface area contributed by atoms with Gasteiger partial charge in [0.1, 0.15) is 0 Å². The highest BCUT2D eigenvalue weighted by atomic mass is 35.5. The summed E-state index contributed by atoms with van der Waals surface area (Å²) in [7, 11) is 0. The van der Waals surface area contributed by atoms with Crippen LogP contribution in [0.25, 0.3) is 10.9 Å². The Morgan fingerprint density at radius 2 is 2.00 bits per heavy atom. The molecule has 0 radical (unpaired) electrons. The molecule has 0 bridgehead atoms. The second-order valence-corrected chi connectivity index (χ2v) is 6.13. The molecule has 2 aromatic carbocycles. The number of aromatic amines is 1. The van der Waals surface area contributed by atoms with E-state index in [-0.39, 0.29) is 17.9 Å². The van der Waals surface area contributed by atoms with Crippen LogP contribution in [0.3, 0.4) is 0 Å². The Bertz CT molecular complexity index is 999. The largest absolute Gasteiger partial charge is 0.345 e. The van der Waals surface area contributed by atoms with Crippen LogP contribution >= 0.6 is 23.2 Å². The van der Waals surface area contributed by atoms with Crippen LogP contribution in [0.5, 0.6) is 0 Å². The van der Waals surface area contributed by atoms with Crippen LogP contribution in [0.4, 0.5) is 0 Å². The normalized spacial score (nSPS) is 10.8. The van der Waals surface area contributed by atoms with Crippen molar-refractivity contribution < 1.29 is 4.79 Å². The predicted octanol–water partition coefficient (Wildman–Crippen LogP) is 3.47. The minimum Gasteiger partial charge on any atom is -0.345 e. The van der Waals surface area contributed by atoms with Gasteiger partial charge in [-0.05, 0) is 36.2 Å². The minimum absolute atomic E-state index is 0.0261. The number of amides is 1. The minimum atomic E-state index is -0.469. The van der Waals surface area contributed by atoms with Gasteiger partial charge in [-0.2, -0.15) is 0 Å². The SMILES string of the molecule is Cc1cccc2c(=O)[nH]c(C(=O)NCc3ccc(Cl)c(Cl)c3)nc12. The number of halogens is 2. The van der Waals surface area contributed by atoms with Gasteiger partial charge in [-0.25, -0.2) is 4.98 Å². The molecule has 0 saturated heterocycles. The first-order valence-corrected chi connectivity index (χ1v) is 7.93. The van der Waals surface area contributed by atoms with Crippen LogP contribution in [0, 0.1) is 6.92 Å². The zero-order valence-electron chi connectivity index (χ0n) is 12.7. The van der Waals surface area contributed by atoms with Crippen LogP contribution in [0.15, 0.2) is 41.2 Å². The van der Waals surface area contributed by atoms with Crippen molar-refractivity contribution in [2.45, 2.75) is 13.5 Å². The molecule has 7 heteroatoms. The van der Waals surface area contributed by atoms with Gasteiger partial charge in [0.15, 0.2) is 5.82 Å². The van der Waals surface area contributed by atoms with Crippen molar-refractivity contribution in [1.82, 2.24) is 15.3 Å². The zero-order valence-corrected chi connectivity index (χ0v) is 14.2. The standard InChI is InChI=1S/C17H13Cl2N3O2/c1-9-3-2-4-11-14(9)21-15(22-16(11)23)17(24)20-8-10-5-6-12(18)13(19)7-10/h2-7H,8H2,1H3,(H,20,24)(H,21,22,23). The third-order valence-corrected chi connectivity index (χ3v) is 4.33. The van der Waals surface area contributed by atoms with Crippen molar-refractivity contribution in [3.63, 3.8) is 0 Å². The lowest BCUT2D eigenvalue weighted by atomic mass is 10.1. The number of hydrogen-bond acceptors (Lipinski definition) is 3. The Morgan fingerprint density at radius 1 is 1.21 bits per heavy atom. The quantitative estimate of drug-likeness (QED) is 0.749. The number of para-hydroxylation sites is 1. The third kappa shape index (κ3) is 3.27. The van der Waals surface area contributed by atoms with Gasteiger partial charge in [-0.1, -0.05) is 41.4 Å². The first-order valence-electron chi connectivity index (χ1n) is 7.17. The summed E-state index contributed by atoms with van der Waals surface area (Å²) < 4.78 is 0. The number of carbonyl (C=O) groups is 1. The summed E-state index contributed by atoms with van der Waals surface area (Å²) in [5.74, 6) is -0.495. The number of fused-ring (bicyclic) bond motifs is 1. The highest BCUT2D eigenvalue weighted by molar-refractivity contribution is 6.42. The lowest BCUT2D eigenvalue weighted by Gasteiger charge is -2.07. The molecule has 122 valence electrons. The molecule has 5 nitrogen and oxygen atoms in total. The van der Waals surface area contributed by atoms with E-state index in [1.807, 2.05) is 13.0 Å². The van der Waals surface area contributed by atoms with Gasteiger partial charge in [0.05, 0.1) is 20.9 Å². The van der Waals surface area contributed by atoms with Crippen molar-refractivity contribution in [3.05, 3.63) is 73.7 Å². The lowest BCUT2D eigenvalue weighted by molar-refractivity contribution is 0.0940. The fraction of sp³-hybridized carbons (Fsp3) is 0.118. The maximum absolute atomic E-state index is 12.3. The molecule has 1 heterocycles. The van der Waals surface area contributed by atoms with Crippen molar-refractivity contribution in [3.8, 4) is 0 Å². The van der Waals surface area contributed by atoms with Crippen LogP contribution in [0.1, 0.15) is 21.7 Å². The molecule has 0 aliphatic carbocycles. The number of nitrogens with one attached hydrogen (secondary N) is 2. The molecule has 0 atom stereocenters. The number of benzene rings is 2. The van der Waals surface area contributed by atoms with E-state index >= 15 is 0 Å². The summed E-state index contributed by atoms with van der Waals surface area (Å²) in [5, 5.41) is 4.01. The predicted molar refractivity (Wildman–Crippen MR) is 94.7 cm³/mol. The summed E-state index contributed by atoms with van der Waals surface area (Å²) in [6.45, 7) is 2.08. The van der Waals surface area contributed by atoms with E-state index in [0.29, 0.717) is 20.9 Å². The summed E-state index contributed by atoms with van der Waals surface area (Å²) in [4.78, 5) is 31.2. The second kappa shape index (κ2) is 6.63. The Kier molecular flexibility index (Phi) is 4.55. The molecule has 0 spiro atoms. The number of aromatic nitrogens is 2. The average Bonchev–Trinajstić information content (AvgIpc) is 2.56. The molecule has 24 heavy (non-hydrogen) atoms. The Balaban J connectivity index is 1.85. The van der Waals surface area contributed by atoms with Crippen LogP contribution in [-0.2, 0) is 6.54 Å². The van der Waals surface area contributed by atoms with Crippen molar-refractivity contribution in [1.29, 1.82) is 0 Å². The maximum atomic E-state index is 12.3. The van der Waals surface area contributed by atoms with E-state index in [2.05, 4.69) is 15.3 Å². The molecule has 3 aromatic rings. The van der Waals surface area contributed by atoms with Crippen molar-refractivity contribution in [2.24, 2.45) is 0 Å². The van der Waals surface area contributed by atoms with Crippen LogP contribution < -0.4 is 10.9 Å². The number of nitrogens with zero attached hydrogens (tertiary/aromatic N) is 1. The van der Waals surface area contributed by atoms with Gasteiger partial charge in [-0.15, -0.1) is 0 Å².